The zero-order chi connectivity index (χ0) is 9.97. The van der Waals surface area contributed by atoms with Crippen LogP contribution in [0, 0.1) is 6.92 Å². The van der Waals surface area contributed by atoms with Crippen molar-refractivity contribution in [1.29, 1.82) is 0 Å². The van der Waals surface area contributed by atoms with Crippen LogP contribution in [-0.4, -0.2) is 0 Å². The van der Waals surface area contributed by atoms with Gasteiger partial charge in [0.05, 0.1) is 0 Å². The monoisotopic (exact) mass is 184 g/mol. The normalized spacial score (nSPS) is 10.1. The topological polar surface area (TPSA) is 13.1 Å². The quantitative estimate of drug-likeness (QED) is 0.690. The first-order valence-electron chi connectivity index (χ1n) is 4.59. The van der Waals surface area contributed by atoms with Crippen molar-refractivity contribution in [3.05, 3.63) is 54.3 Å². The highest BCUT2D eigenvalue weighted by Gasteiger charge is 2.01. The highest BCUT2D eigenvalue weighted by Crippen LogP contribution is 2.22. The average Bonchev–Trinajstić information content (AvgIpc) is 2.67. The maximum Gasteiger partial charge on any atom is 0.134 e. The first kappa shape index (κ1) is 8.82. The Morgan fingerprint density at radius 2 is 1.79 bits per heavy atom. The van der Waals surface area contributed by atoms with Crippen molar-refractivity contribution in [3.8, 4) is 11.3 Å². The van der Waals surface area contributed by atoms with E-state index >= 15 is 0 Å². The molecule has 2 rings (SSSR count). The van der Waals surface area contributed by atoms with Gasteiger partial charge in [0, 0.05) is 5.56 Å². The zero-order valence-corrected chi connectivity index (χ0v) is 8.16. The van der Waals surface area contributed by atoms with E-state index in [4.69, 9.17) is 4.42 Å². The third-order valence-corrected chi connectivity index (χ3v) is 2.16. The van der Waals surface area contributed by atoms with Gasteiger partial charge in [0.1, 0.15) is 11.5 Å². The van der Waals surface area contributed by atoms with Crippen molar-refractivity contribution in [1.82, 2.24) is 0 Å². The lowest BCUT2D eigenvalue weighted by Gasteiger charge is -1.96. The SMILES string of the molecule is C=Cc1ccc(-c2ccc(C)cc2)o1. The molecule has 1 heterocycles. The summed E-state index contributed by atoms with van der Waals surface area (Å²) in [5, 5.41) is 0. The second-order valence-corrected chi connectivity index (χ2v) is 3.27. The van der Waals surface area contributed by atoms with Gasteiger partial charge in [-0.3, -0.25) is 0 Å². The molecular formula is C13H12O. The molecule has 0 radical (unpaired) electrons. The number of hydrogen-bond donors (Lipinski definition) is 0. The van der Waals surface area contributed by atoms with Crippen molar-refractivity contribution in [3.63, 3.8) is 0 Å². The highest BCUT2D eigenvalue weighted by atomic mass is 16.3. The maximum atomic E-state index is 5.54. The Hall–Kier alpha value is -1.76. The van der Waals surface area contributed by atoms with E-state index in [0.29, 0.717) is 0 Å². The number of benzene rings is 1. The van der Waals surface area contributed by atoms with Crippen LogP contribution in [0.4, 0.5) is 0 Å². The van der Waals surface area contributed by atoms with Crippen LogP contribution in [0.1, 0.15) is 11.3 Å². The number of furan rings is 1. The Balaban J connectivity index is 2.39. The first-order valence-corrected chi connectivity index (χ1v) is 4.59. The number of aryl methyl sites for hydroxylation is 1. The summed E-state index contributed by atoms with van der Waals surface area (Å²) >= 11 is 0. The summed E-state index contributed by atoms with van der Waals surface area (Å²) in [7, 11) is 0. The third-order valence-electron chi connectivity index (χ3n) is 2.16. The van der Waals surface area contributed by atoms with E-state index in [1.165, 1.54) is 5.56 Å². The predicted molar refractivity (Wildman–Crippen MR) is 59.0 cm³/mol. The molecule has 2 aromatic rings. The van der Waals surface area contributed by atoms with Crippen LogP contribution in [0.3, 0.4) is 0 Å². The smallest absolute Gasteiger partial charge is 0.134 e. The van der Waals surface area contributed by atoms with Crippen LogP contribution >= 0.6 is 0 Å². The van der Waals surface area contributed by atoms with Crippen molar-refractivity contribution < 1.29 is 4.42 Å². The molecule has 0 aliphatic rings. The van der Waals surface area contributed by atoms with E-state index in [-0.39, 0.29) is 0 Å². The van der Waals surface area contributed by atoms with Gasteiger partial charge in [-0.1, -0.05) is 36.4 Å². The minimum Gasteiger partial charge on any atom is -0.457 e. The molecule has 14 heavy (non-hydrogen) atoms. The summed E-state index contributed by atoms with van der Waals surface area (Å²) in [6, 6.07) is 12.1. The summed E-state index contributed by atoms with van der Waals surface area (Å²) in [6.07, 6.45) is 1.71. The molecule has 0 spiro atoms. The van der Waals surface area contributed by atoms with E-state index in [0.717, 1.165) is 17.1 Å². The fourth-order valence-electron chi connectivity index (χ4n) is 1.34. The van der Waals surface area contributed by atoms with Crippen LogP contribution in [0.25, 0.3) is 17.4 Å². The molecule has 1 aromatic carbocycles. The molecule has 1 aromatic heterocycles. The van der Waals surface area contributed by atoms with Crippen LogP contribution in [0.5, 0.6) is 0 Å². The van der Waals surface area contributed by atoms with E-state index in [1.807, 2.05) is 12.1 Å². The molecular weight excluding hydrogens is 172 g/mol. The van der Waals surface area contributed by atoms with Gasteiger partial charge in [0.2, 0.25) is 0 Å². The molecule has 0 saturated carbocycles. The van der Waals surface area contributed by atoms with Crippen molar-refractivity contribution >= 4 is 6.08 Å². The average molecular weight is 184 g/mol. The Kier molecular flexibility index (Phi) is 2.23. The minimum absolute atomic E-state index is 0.806. The van der Waals surface area contributed by atoms with Gasteiger partial charge in [0.25, 0.3) is 0 Å². The fraction of sp³-hybridized carbons (Fsp3) is 0.0769. The van der Waals surface area contributed by atoms with Crippen LogP contribution in [0.15, 0.2) is 47.4 Å². The summed E-state index contributed by atoms with van der Waals surface area (Å²) in [4.78, 5) is 0. The summed E-state index contributed by atoms with van der Waals surface area (Å²) < 4.78 is 5.54. The summed E-state index contributed by atoms with van der Waals surface area (Å²) in [5.41, 5.74) is 2.35. The first-order chi connectivity index (χ1) is 6.79. The Morgan fingerprint density at radius 3 is 2.36 bits per heavy atom. The Bertz CT molecular complexity index is 435. The van der Waals surface area contributed by atoms with E-state index in [1.54, 1.807) is 6.08 Å². The molecule has 0 aliphatic carbocycles. The third kappa shape index (κ3) is 1.62. The van der Waals surface area contributed by atoms with Gasteiger partial charge in [-0.2, -0.15) is 0 Å². The zero-order valence-electron chi connectivity index (χ0n) is 8.16. The standard InChI is InChI=1S/C13H12O/c1-3-12-8-9-13(14-12)11-6-4-10(2)5-7-11/h3-9H,1H2,2H3. The van der Waals surface area contributed by atoms with Crippen molar-refractivity contribution in [2.45, 2.75) is 6.92 Å². The van der Waals surface area contributed by atoms with Crippen molar-refractivity contribution in [2.24, 2.45) is 0 Å². The van der Waals surface area contributed by atoms with Crippen LogP contribution in [-0.2, 0) is 0 Å². The minimum atomic E-state index is 0.806. The summed E-state index contributed by atoms with van der Waals surface area (Å²) in [6.45, 7) is 5.73. The second-order valence-electron chi connectivity index (χ2n) is 3.27. The summed E-state index contributed by atoms with van der Waals surface area (Å²) in [5.74, 6) is 1.69. The molecule has 0 atom stereocenters. The molecule has 0 unspecified atom stereocenters. The van der Waals surface area contributed by atoms with Gasteiger partial charge in [-0.25, -0.2) is 0 Å². The molecule has 0 bridgehead atoms. The van der Waals surface area contributed by atoms with Gasteiger partial charge in [-0.15, -0.1) is 0 Å². The molecule has 1 nitrogen and oxygen atoms in total. The highest BCUT2D eigenvalue weighted by molar-refractivity contribution is 5.59. The molecule has 0 fully saturated rings. The second kappa shape index (κ2) is 3.54. The number of hydrogen-bond acceptors (Lipinski definition) is 1. The van der Waals surface area contributed by atoms with Gasteiger partial charge in [0.15, 0.2) is 0 Å². The molecule has 0 N–H and O–H groups in total. The molecule has 70 valence electrons. The lowest BCUT2D eigenvalue weighted by Crippen LogP contribution is -1.74. The van der Waals surface area contributed by atoms with Crippen LogP contribution in [0.2, 0.25) is 0 Å². The van der Waals surface area contributed by atoms with E-state index in [9.17, 15) is 0 Å². The van der Waals surface area contributed by atoms with Gasteiger partial charge in [-0.05, 0) is 25.1 Å². The lowest BCUT2D eigenvalue weighted by atomic mass is 10.1. The van der Waals surface area contributed by atoms with Crippen LogP contribution < -0.4 is 0 Å². The molecule has 0 saturated heterocycles. The Morgan fingerprint density at radius 1 is 1.07 bits per heavy atom. The molecule has 0 amide bonds. The maximum absolute atomic E-state index is 5.54. The van der Waals surface area contributed by atoms with E-state index in [2.05, 4.69) is 37.8 Å². The van der Waals surface area contributed by atoms with Crippen molar-refractivity contribution in [2.75, 3.05) is 0 Å². The van der Waals surface area contributed by atoms with Gasteiger partial charge < -0.3 is 4.42 Å². The lowest BCUT2D eigenvalue weighted by molar-refractivity contribution is 0.572. The number of rotatable bonds is 2. The largest absolute Gasteiger partial charge is 0.457 e. The Labute approximate surface area is 83.7 Å². The molecule has 0 aliphatic heterocycles. The predicted octanol–water partition coefficient (Wildman–Crippen LogP) is 3.90. The van der Waals surface area contributed by atoms with E-state index < -0.39 is 0 Å². The van der Waals surface area contributed by atoms with Gasteiger partial charge >= 0.3 is 0 Å². The fourth-order valence-corrected chi connectivity index (χ4v) is 1.34. The molecule has 1 heteroatoms.